The Bertz CT molecular complexity index is 1280. The van der Waals surface area contributed by atoms with Gasteiger partial charge in [-0.2, -0.15) is 0 Å². The molecule has 0 spiro atoms. The first-order valence-electron chi connectivity index (χ1n) is 13.1. The van der Waals surface area contributed by atoms with Crippen LogP contribution in [0.4, 0.5) is 10.1 Å². The number of carbonyl (C=O) groups excluding carboxylic acids is 2. The van der Waals surface area contributed by atoms with Crippen molar-refractivity contribution < 1.29 is 33.8 Å². The molecule has 0 unspecified atom stereocenters. The van der Waals surface area contributed by atoms with Gasteiger partial charge < -0.3 is 30.7 Å². The Balaban J connectivity index is 0.000000459. The number of likely N-dealkylation sites (N-methyl/N-ethyl adjacent to an activating group) is 1. The minimum absolute atomic E-state index is 0.0873. The second kappa shape index (κ2) is 13.2. The molecular weight excluding hydrogens is 507 g/mol. The molecular formula is C28H35FN4O6. The van der Waals surface area contributed by atoms with Crippen molar-refractivity contribution in [2.24, 2.45) is 0 Å². The summed E-state index contributed by atoms with van der Waals surface area (Å²) < 4.78 is 13.9. The zero-order valence-corrected chi connectivity index (χ0v) is 22.4. The number of hydrogen-bond acceptors (Lipinski definition) is 5. The monoisotopic (exact) mass is 542 g/mol. The summed E-state index contributed by atoms with van der Waals surface area (Å²) in [7, 11) is 0. The third-order valence-electron chi connectivity index (χ3n) is 6.86. The number of amides is 2. The van der Waals surface area contributed by atoms with E-state index in [9.17, 15) is 23.6 Å². The highest BCUT2D eigenvalue weighted by molar-refractivity contribution is 6.37. The number of allylic oxidation sites excluding steroid dienone is 1. The summed E-state index contributed by atoms with van der Waals surface area (Å²) in [6.45, 7) is 9.40. The number of carbonyl (C=O) groups is 4. The zero-order valence-electron chi connectivity index (χ0n) is 22.4. The lowest BCUT2D eigenvalue weighted by Crippen LogP contribution is -2.35. The van der Waals surface area contributed by atoms with E-state index >= 15 is 0 Å². The number of H-pyrrole nitrogens is 1. The molecule has 0 radical (unpaired) electrons. The van der Waals surface area contributed by atoms with Gasteiger partial charge >= 0.3 is 11.9 Å². The Morgan fingerprint density at radius 2 is 1.74 bits per heavy atom. The number of fused-ring (bicyclic) bond motifs is 2. The molecule has 0 saturated carbocycles. The Morgan fingerprint density at radius 3 is 2.36 bits per heavy atom. The molecule has 2 heterocycles. The molecule has 4 rings (SSSR count). The van der Waals surface area contributed by atoms with Crippen LogP contribution >= 0.6 is 0 Å². The van der Waals surface area contributed by atoms with Crippen LogP contribution in [-0.2, 0) is 20.8 Å². The summed E-state index contributed by atoms with van der Waals surface area (Å²) in [6, 6.07) is 4.34. The van der Waals surface area contributed by atoms with Crippen molar-refractivity contribution in [2.75, 3.05) is 31.5 Å². The van der Waals surface area contributed by atoms with Gasteiger partial charge in [-0.15, -0.1) is 0 Å². The normalized spacial score (nSPS) is 15.7. The van der Waals surface area contributed by atoms with Crippen LogP contribution in [0.25, 0.3) is 11.1 Å². The van der Waals surface area contributed by atoms with E-state index in [0.29, 0.717) is 35.4 Å². The number of aliphatic carboxylic acids is 2. The Hall–Kier alpha value is -3.99. The van der Waals surface area contributed by atoms with Crippen molar-refractivity contribution in [1.82, 2.24) is 15.2 Å². The van der Waals surface area contributed by atoms with Crippen molar-refractivity contribution in [3.63, 3.8) is 0 Å². The number of carboxylic acid groups (broad SMARTS) is 2. The molecule has 1 aromatic heterocycles. The molecule has 1 aromatic carbocycles. The summed E-state index contributed by atoms with van der Waals surface area (Å²) in [5.74, 6) is -2.84. The molecule has 1 aliphatic carbocycles. The molecule has 2 aromatic rings. The first kappa shape index (κ1) is 29.6. The fourth-order valence-corrected chi connectivity index (χ4v) is 4.92. The second-order valence-electron chi connectivity index (χ2n) is 9.40. The fraction of sp³-hybridized carbons (Fsp3) is 0.429. The number of rotatable bonds is 9. The predicted octanol–water partition coefficient (Wildman–Crippen LogP) is 3.67. The largest absolute Gasteiger partial charge is 0.481 e. The molecule has 0 saturated heterocycles. The Morgan fingerprint density at radius 1 is 1.08 bits per heavy atom. The lowest BCUT2D eigenvalue weighted by Gasteiger charge is -2.19. The number of carboxylic acids is 2. The Labute approximate surface area is 226 Å². The summed E-state index contributed by atoms with van der Waals surface area (Å²) in [6.07, 6.45) is 1.72. The van der Waals surface area contributed by atoms with Crippen LogP contribution in [0.2, 0.25) is 0 Å². The maximum atomic E-state index is 13.9. The number of nitrogens with zero attached hydrogens (tertiary/aromatic N) is 1. The molecule has 0 bridgehead atoms. The summed E-state index contributed by atoms with van der Waals surface area (Å²) >= 11 is 0. The number of benzene rings is 1. The average molecular weight is 543 g/mol. The minimum Gasteiger partial charge on any atom is -0.481 e. The predicted molar refractivity (Wildman–Crippen MR) is 145 cm³/mol. The lowest BCUT2D eigenvalue weighted by atomic mass is 9.86. The van der Waals surface area contributed by atoms with Gasteiger partial charge in [0.2, 0.25) is 0 Å². The van der Waals surface area contributed by atoms with Crippen LogP contribution in [0, 0.1) is 12.7 Å². The second-order valence-corrected chi connectivity index (χ2v) is 9.40. The van der Waals surface area contributed by atoms with E-state index in [2.05, 4.69) is 34.4 Å². The SMILES string of the molecule is CCN(CC)CCNC(=O)c1c(C)[nH]c2c1CCC/C2=C1/C(=O)Nc2ccc(F)cc21.O=C(O)CCC(=O)O. The quantitative estimate of drug-likeness (QED) is 0.303. The number of hydrogen-bond donors (Lipinski definition) is 5. The van der Waals surface area contributed by atoms with E-state index in [1.54, 1.807) is 6.07 Å². The van der Waals surface area contributed by atoms with Gasteiger partial charge in [-0.3, -0.25) is 19.2 Å². The van der Waals surface area contributed by atoms with Crippen LogP contribution in [0.15, 0.2) is 18.2 Å². The average Bonchev–Trinajstić information content (AvgIpc) is 3.40. The highest BCUT2D eigenvalue weighted by Gasteiger charge is 2.33. The molecule has 210 valence electrons. The molecule has 5 N–H and O–H groups in total. The first-order chi connectivity index (χ1) is 18.6. The molecule has 39 heavy (non-hydrogen) atoms. The van der Waals surface area contributed by atoms with Gasteiger partial charge in [0.1, 0.15) is 5.82 Å². The molecule has 0 atom stereocenters. The van der Waals surface area contributed by atoms with Gasteiger partial charge in [0, 0.05) is 35.7 Å². The van der Waals surface area contributed by atoms with E-state index < -0.39 is 11.9 Å². The van der Waals surface area contributed by atoms with Crippen LogP contribution in [0.1, 0.15) is 72.4 Å². The molecule has 11 heteroatoms. The molecule has 2 amide bonds. The van der Waals surface area contributed by atoms with Gasteiger partial charge in [-0.1, -0.05) is 13.8 Å². The molecule has 10 nitrogen and oxygen atoms in total. The van der Waals surface area contributed by atoms with E-state index in [1.807, 2.05) is 6.92 Å². The summed E-state index contributed by atoms with van der Waals surface area (Å²) in [5.41, 5.74) is 5.82. The summed E-state index contributed by atoms with van der Waals surface area (Å²) in [4.78, 5) is 50.6. The summed E-state index contributed by atoms with van der Waals surface area (Å²) in [5, 5.41) is 21.7. The first-order valence-corrected chi connectivity index (χ1v) is 13.1. The number of aromatic amines is 1. The van der Waals surface area contributed by atoms with Crippen molar-refractivity contribution in [3.8, 4) is 0 Å². The van der Waals surface area contributed by atoms with Gasteiger partial charge in [0.05, 0.1) is 24.0 Å². The maximum Gasteiger partial charge on any atom is 0.303 e. The number of aromatic nitrogens is 1. The van der Waals surface area contributed by atoms with E-state index in [-0.39, 0.29) is 30.5 Å². The number of nitrogens with one attached hydrogen (secondary N) is 3. The Kier molecular flexibility index (Phi) is 10.00. The zero-order chi connectivity index (χ0) is 28.7. The van der Waals surface area contributed by atoms with E-state index in [0.717, 1.165) is 55.0 Å². The van der Waals surface area contributed by atoms with Gasteiger partial charge in [-0.05, 0) is 68.6 Å². The number of anilines is 1. The smallest absolute Gasteiger partial charge is 0.303 e. The lowest BCUT2D eigenvalue weighted by molar-refractivity contribution is -0.143. The van der Waals surface area contributed by atoms with Crippen molar-refractivity contribution in [2.45, 2.75) is 52.9 Å². The third kappa shape index (κ3) is 7.11. The number of aryl methyl sites for hydroxylation is 1. The van der Waals surface area contributed by atoms with Crippen LogP contribution in [0.3, 0.4) is 0 Å². The highest BCUT2D eigenvalue weighted by atomic mass is 19.1. The van der Waals surface area contributed by atoms with E-state index in [1.165, 1.54) is 12.1 Å². The van der Waals surface area contributed by atoms with Crippen LogP contribution < -0.4 is 10.6 Å². The third-order valence-corrected chi connectivity index (χ3v) is 6.86. The van der Waals surface area contributed by atoms with Gasteiger partial charge in [-0.25, -0.2) is 4.39 Å². The molecule has 2 aliphatic rings. The molecule has 0 fully saturated rings. The standard InChI is InChI=1S/C24H29FN4O2.C4H6O4/c1-4-29(5-2)12-11-26-23(30)20-14(3)27-22-16(20)7-6-8-17(22)21-18-13-15(25)9-10-19(18)28-24(21)31;5-3(6)1-2-4(7)8/h9-10,13,27H,4-8,11-12H2,1-3H3,(H,26,30)(H,28,31);1-2H2,(H,5,6)(H,7,8)/b21-17-;. The van der Waals surface area contributed by atoms with Crippen LogP contribution in [-0.4, -0.2) is 70.0 Å². The fourth-order valence-electron chi connectivity index (χ4n) is 4.92. The maximum absolute atomic E-state index is 13.9. The highest BCUT2D eigenvalue weighted by Crippen LogP contribution is 2.43. The van der Waals surface area contributed by atoms with E-state index in [4.69, 9.17) is 10.2 Å². The van der Waals surface area contributed by atoms with Gasteiger partial charge in [0.15, 0.2) is 0 Å². The van der Waals surface area contributed by atoms with Crippen molar-refractivity contribution in [3.05, 3.63) is 52.1 Å². The topological polar surface area (TPSA) is 152 Å². The number of halogens is 1. The van der Waals surface area contributed by atoms with Crippen molar-refractivity contribution in [1.29, 1.82) is 0 Å². The van der Waals surface area contributed by atoms with Crippen LogP contribution in [0.5, 0.6) is 0 Å². The molecule has 1 aliphatic heterocycles. The van der Waals surface area contributed by atoms with Crippen molar-refractivity contribution >= 4 is 40.6 Å². The van der Waals surface area contributed by atoms with Gasteiger partial charge in [0.25, 0.3) is 11.8 Å². The minimum atomic E-state index is -1.08.